The van der Waals surface area contributed by atoms with Crippen LogP contribution in [-0.4, -0.2) is 17.5 Å². The lowest BCUT2D eigenvalue weighted by molar-refractivity contribution is 0.102. The van der Waals surface area contributed by atoms with E-state index in [4.69, 9.17) is 4.74 Å². The predicted molar refractivity (Wildman–Crippen MR) is 83.7 cm³/mol. The van der Waals surface area contributed by atoms with Gasteiger partial charge in [0, 0.05) is 23.6 Å². The minimum atomic E-state index is -0.140. The quantitative estimate of drug-likeness (QED) is 0.784. The van der Waals surface area contributed by atoms with Crippen molar-refractivity contribution in [2.24, 2.45) is 0 Å². The van der Waals surface area contributed by atoms with Gasteiger partial charge >= 0.3 is 0 Å². The lowest BCUT2D eigenvalue weighted by atomic mass is 10.2. The summed E-state index contributed by atoms with van der Waals surface area (Å²) in [5.41, 5.74) is 1.34. The average molecular weight is 284 g/mol. The summed E-state index contributed by atoms with van der Waals surface area (Å²) in [6.07, 6.45) is 6.69. The van der Waals surface area contributed by atoms with Crippen LogP contribution >= 0.6 is 0 Å². The molecule has 1 heterocycles. The van der Waals surface area contributed by atoms with E-state index in [0.717, 1.165) is 24.5 Å². The molecule has 1 aromatic carbocycles. The van der Waals surface area contributed by atoms with E-state index in [1.165, 1.54) is 12.8 Å². The summed E-state index contributed by atoms with van der Waals surface area (Å²) in [6.45, 7) is 2.88. The molecule has 1 N–H and O–H groups in total. The van der Waals surface area contributed by atoms with Crippen LogP contribution < -0.4 is 10.1 Å². The summed E-state index contributed by atoms with van der Waals surface area (Å²) in [5, 5.41) is 2.82. The van der Waals surface area contributed by atoms with E-state index in [9.17, 15) is 4.79 Å². The van der Waals surface area contributed by atoms with Crippen molar-refractivity contribution < 1.29 is 9.53 Å². The molecular formula is C17H20N2O2. The van der Waals surface area contributed by atoms with Crippen LogP contribution in [-0.2, 0) is 0 Å². The first-order valence-electron chi connectivity index (χ1n) is 7.24. The SMILES string of the molecule is CCCCCOc1ccc(C(=O)Nc2ccncc2)cc1. The van der Waals surface area contributed by atoms with Gasteiger partial charge in [-0.2, -0.15) is 0 Å². The summed E-state index contributed by atoms with van der Waals surface area (Å²) < 4.78 is 5.62. The Bertz CT molecular complexity index is 553. The van der Waals surface area contributed by atoms with Crippen LogP contribution in [0.15, 0.2) is 48.8 Å². The fourth-order valence-corrected chi connectivity index (χ4v) is 1.88. The fourth-order valence-electron chi connectivity index (χ4n) is 1.88. The normalized spacial score (nSPS) is 10.1. The van der Waals surface area contributed by atoms with Gasteiger partial charge in [-0.3, -0.25) is 9.78 Å². The Morgan fingerprint density at radius 2 is 1.81 bits per heavy atom. The molecule has 0 saturated carbocycles. The van der Waals surface area contributed by atoms with Gasteiger partial charge in [0.05, 0.1) is 6.61 Å². The molecule has 1 amide bonds. The fraction of sp³-hybridized carbons (Fsp3) is 0.294. The summed E-state index contributed by atoms with van der Waals surface area (Å²) in [4.78, 5) is 16.0. The molecule has 0 unspecified atom stereocenters. The lowest BCUT2D eigenvalue weighted by Gasteiger charge is -2.07. The summed E-state index contributed by atoms with van der Waals surface area (Å²) in [7, 11) is 0. The van der Waals surface area contributed by atoms with E-state index in [1.807, 2.05) is 12.1 Å². The Labute approximate surface area is 125 Å². The van der Waals surface area contributed by atoms with Gasteiger partial charge in [-0.05, 0) is 42.8 Å². The Kier molecular flexibility index (Phi) is 5.76. The molecule has 0 spiro atoms. The van der Waals surface area contributed by atoms with Gasteiger partial charge in [0.2, 0.25) is 0 Å². The molecule has 110 valence electrons. The highest BCUT2D eigenvalue weighted by molar-refractivity contribution is 6.04. The zero-order valence-corrected chi connectivity index (χ0v) is 12.2. The third-order valence-electron chi connectivity index (χ3n) is 3.07. The molecule has 0 fully saturated rings. The monoisotopic (exact) mass is 284 g/mol. The van der Waals surface area contributed by atoms with Crippen molar-refractivity contribution in [3.63, 3.8) is 0 Å². The number of benzene rings is 1. The second-order valence-corrected chi connectivity index (χ2v) is 4.77. The number of ether oxygens (including phenoxy) is 1. The molecule has 1 aromatic heterocycles. The molecule has 0 aliphatic heterocycles. The zero-order chi connectivity index (χ0) is 14.9. The number of aromatic nitrogens is 1. The third-order valence-corrected chi connectivity index (χ3v) is 3.07. The van der Waals surface area contributed by atoms with Gasteiger partial charge in [0.15, 0.2) is 0 Å². The molecule has 2 rings (SSSR count). The van der Waals surface area contributed by atoms with Gasteiger partial charge < -0.3 is 10.1 Å². The molecule has 0 aliphatic rings. The Morgan fingerprint density at radius 3 is 2.48 bits per heavy atom. The lowest BCUT2D eigenvalue weighted by Crippen LogP contribution is -2.11. The number of anilines is 1. The van der Waals surface area contributed by atoms with Crippen LogP contribution in [0.2, 0.25) is 0 Å². The van der Waals surface area contributed by atoms with Crippen LogP contribution in [0.1, 0.15) is 36.5 Å². The van der Waals surface area contributed by atoms with E-state index in [-0.39, 0.29) is 5.91 Å². The number of nitrogens with one attached hydrogen (secondary N) is 1. The molecule has 21 heavy (non-hydrogen) atoms. The van der Waals surface area contributed by atoms with Gasteiger partial charge in [0.1, 0.15) is 5.75 Å². The Balaban J connectivity index is 1.88. The maximum Gasteiger partial charge on any atom is 0.255 e. The summed E-state index contributed by atoms with van der Waals surface area (Å²) in [6, 6.07) is 10.7. The Hall–Kier alpha value is -2.36. The van der Waals surface area contributed by atoms with Crippen LogP contribution in [0.3, 0.4) is 0 Å². The highest BCUT2D eigenvalue weighted by Crippen LogP contribution is 2.14. The van der Waals surface area contributed by atoms with Crippen molar-refractivity contribution in [1.82, 2.24) is 4.98 Å². The van der Waals surface area contributed by atoms with Gasteiger partial charge in [-0.25, -0.2) is 0 Å². The summed E-state index contributed by atoms with van der Waals surface area (Å²) >= 11 is 0. The molecule has 2 aromatic rings. The first kappa shape index (κ1) is 15.0. The minimum absolute atomic E-state index is 0.140. The number of hydrogen-bond acceptors (Lipinski definition) is 3. The van der Waals surface area contributed by atoms with Crippen LogP contribution in [0.5, 0.6) is 5.75 Å². The van der Waals surface area contributed by atoms with Crippen molar-refractivity contribution >= 4 is 11.6 Å². The van der Waals surface area contributed by atoms with Crippen molar-refractivity contribution in [2.75, 3.05) is 11.9 Å². The van der Waals surface area contributed by atoms with Crippen molar-refractivity contribution in [3.8, 4) is 5.75 Å². The van der Waals surface area contributed by atoms with E-state index in [2.05, 4.69) is 17.2 Å². The second-order valence-electron chi connectivity index (χ2n) is 4.77. The molecule has 0 radical (unpaired) electrons. The molecule has 0 bridgehead atoms. The number of unbranched alkanes of at least 4 members (excludes halogenated alkanes) is 2. The van der Waals surface area contributed by atoms with Crippen molar-refractivity contribution in [3.05, 3.63) is 54.4 Å². The zero-order valence-electron chi connectivity index (χ0n) is 12.2. The number of carbonyl (C=O) groups is 1. The molecular weight excluding hydrogens is 264 g/mol. The highest BCUT2D eigenvalue weighted by Gasteiger charge is 2.06. The number of pyridine rings is 1. The summed E-state index contributed by atoms with van der Waals surface area (Å²) in [5.74, 6) is 0.658. The van der Waals surface area contributed by atoms with E-state index < -0.39 is 0 Å². The smallest absolute Gasteiger partial charge is 0.255 e. The maximum atomic E-state index is 12.1. The average Bonchev–Trinajstić information content (AvgIpc) is 2.53. The predicted octanol–water partition coefficient (Wildman–Crippen LogP) is 3.90. The first-order chi connectivity index (χ1) is 10.3. The Morgan fingerprint density at radius 1 is 1.10 bits per heavy atom. The van der Waals surface area contributed by atoms with Crippen LogP contribution in [0, 0.1) is 0 Å². The van der Waals surface area contributed by atoms with Crippen LogP contribution in [0.25, 0.3) is 0 Å². The number of amides is 1. The van der Waals surface area contributed by atoms with E-state index >= 15 is 0 Å². The number of nitrogens with zero attached hydrogens (tertiary/aromatic N) is 1. The van der Waals surface area contributed by atoms with E-state index in [0.29, 0.717) is 5.56 Å². The molecule has 0 saturated heterocycles. The molecule has 0 aliphatic carbocycles. The largest absolute Gasteiger partial charge is 0.494 e. The van der Waals surface area contributed by atoms with Gasteiger partial charge in [0.25, 0.3) is 5.91 Å². The van der Waals surface area contributed by atoms with Gasteiger partial charge in [-0.1, -0.05) is 19.8 Å². The van der Waals surface area contributed by atoms with Crippen molar-refractivity contribution in [2.45, 2.75) is 26.2 Å². The first-order valence-corrected chi connectivity index (χ1v) is 7.24. The number of rotatable bonds is 7. The van der Waals surface area contributed by atoms with Crippen molar-refractivity contribution in [1.29, 1.82) is 0 Å². The molecule has 4 nitrogen and oxygen atoms in total. The molecule has 0 atom stereocenters. The topological polar surface area (TPSA) is 51.2 Å². The third kappa shape index (κ3) is 4.91. The van der Waals surface area contributed by atoms with Gasteiger partial charge in [-0.15, -0.1) is 0 Å². The standard InChI is InChI=1S/C17H20N2O2/c1-2-3-4-13-21-16-7-5-14(6-8-16)17(20)19-15-9-11-18-12-10-15/h5-12H,2-4,13H2,1H3,(H,18,19,20). The second kappa shape index (κ2) is 8.04. The molecule has 4 heteroatoms. The van der Waals surface area contributed by atoms with E-state index in [1.54, 1.807) is 36.7 Å². The number of hydrogen-bond donors (Lipinski definition) is 1. The maximum absolute atomic E-state index is 12.1. The number of carbonyl (C=O) groups excluding carboxylic acids is 1. The van der Waals surface area contributed by atoms with Crippen LogP contribution in [0.4, 0.5) is 5.69 Å². The highest BCUT2D eigenvalue weighted by atomic mass is 16.5. The minimum Gasteiger partial charge on any atom is -0.494 e.